The standard InChI is InChI=1S/C22H29ClN4O/c1-2-12-24-22(25-13-9-21-4-3-16-28-21)26-20-10-14-27(15-11-20)17-18-5-7-19(23)8-6-18/h2-8,16,20H,1,9-15,17H2,(H2,24,25,26). The van der Waals surface area contributed by atoms with Gasteiger partial charge in [0, 0.05) is 50.2 Å². The molecule has 0 bridgehead atoms. The Balaban J connectivity index is 1.45. The molecule has 1 aliphatic rings. The summed E-state index contributed by atoms with van der Waals surface area (Å²) in [6.07, 6.45) is 6.54. The van der Waals surface area contributed by atoms with Gasteiger partial charge in [-0.05, 0) is 42.7 Å². The van der Waals surface area contributed by atoms with Crippen molar-refractivity contribution in [3.63, 3.8) is 0 Å². The minimum absolute atomic E-state index is 0.432. The number of hydrogen-bond donors (Lipinski definition) is 2. The summed E-state index contributed by atoms with van der Waals surface area (Å²) in [7, 11) is 0. The van der Waals surface area contributed by atoms with Gasteiger partial charge in [0.1, 0.15) is 5.76 Å². The van der Waals surface area contributed by atoms with Gasteiger partial charge >= 0.3 is 0 Å². The first-order chi connectivity index (χ1) is 13.7. The van der Waals surface area contributed by atoms with Crippen molar-refractivity contribution >= 4 is 17.6 Å². The van der Waals surface area contributed by atoms with Crippen molar-refractivity contribution in [3.8, 4) is 0 Å². The lowest BCUT2D eigenvalue weighted by atomic mass is 10.0. The van der Waals surface area contributed by atoms with Gasteiger partial charge in [0.25, 0.3) is 0 Å². The molecule has 1 aromatic carbocycles. The smallest absolute Gasteiger partial charge is 0.191 e. The van der Waals surface area contributed by atoms with Crippen LogP contribution in [0, 0.1) is 0 Å². The number of benzene rings is 1. The van der Waals surface area contributed by atoms with Crippen LogP contribution in [0.15, 0.2) is 64.7 Å². The third-order valence-corrected chi connectivity index (χ3v) is 5.12. The third-order valence-electron chi connectivity index (χ3n) is 4.87. The molecule has 0 atom stereocenters. The van der Waals surface area contributed by atoms with Gasteiger partial charge in [-0.3, -0.25) is 9.89 Å². The molecule has 150 valence electrons. The molecule has 2 heterocycles. The van der Waals surface area contributed by atoms with E-state index in [0.29, 0.717) is 19.1 Å². The molecule has 1 fully saturated rings. The second-order valence-electron chi connectivity index (χ2n) is 7.05. The summed E-state index contributed by atoms with van der Waals surface area (Å²) in [5.41, 5.74) is 1.31. The van der Waals surface area contributed by atoms with Crippen LogP contribution in [0.2, 0.25) is 5.02 Å². The predicted molar refractivity (Wildman–Crippen MR) is 116 cm³/mol. The average molecular weight is 401 g/mol. The van der Waals surface area contributed by atoms with Crippen molar-refractivity contribution < 1.29 is 4.42 Å². The molecule has 3 rings (SSSR count). The van der Waals surface area contributed by atoms with Gasteiger partial charge in [0.05, 0.1) is 6.26 Å². The van der Waals surface area contributed by atoms with E-state index in [-0.39, 0.29) is 0 Å². The van der Waals surface area contributed by atoms with Crippen molar-refractivity contribution in [2.24, 2.45) is 4.99 Å². The van der Waals surface area contributed by atoms with Crippen molar-refractivity contribution in [1.29, 1.82) is 0 Å². The normalized spacial score (nSPS) is 16.1. The molecule has 0 amide bonds. The molecule has 6 heteroatoms. The molecule has 28 heavy (non-hydrogen) atoms. The fourth-order valence-electron chi connectivity index (χ4n) is 3.33. The number of rotatable bonds is 8. The number of likely N-dealkylation sites (tertiary alicyclic amines) is 1. The molecule has 0 unspecified atom stereocenters. The minimum Gasteiger partial charge on any atom is -0.469 e. The van der Waals surface area contributed by atoms with Gasteiger partial charge in [-0.25, -0.2) is 0 Å². The second-order valence-corrected chi connectivity index (χ2v) is 7.49. The number of nitrogens with zero attached hydrogens (tertiary/aromatic N) is 2. The fraction of sp³-hybridized carbons (Fsp3) is 0.409. The zero-order valence-electron chi connectivity index (χ0n) is 16.2. The maximum atomic E-state index is 5.97. The molecule has 0 saturated carbocycles. The highest BCUT2D eigenvalue weighted by molar-refractivity contribution is 6.30. The summed E-state index contributed by atoms with van der Waals surface area (Å²) in [6, 6.07) is 12.5. The van der Waals surface area contributed by atoms with Crippen LogP contribution in [0.25, 0.3) is 0 Å². The Labute approximate surface area is 172 Å². The Morgan fingerprint density at radius 2 is 2.04 bits per heavy atom. The van der Waals surface area contributed by atoms with Crippen molar-refractivity contribution in [2.75, 3.05) is 26.2 Å². The topological polar surface area (TPSA) is 52.8 Å². The van der Waals surface area contributed by atoms with Crippen LogP contribution >= 0.6 is 11.6 Å². The molecule has 5 nitrogen and oxygen atoms in total. The molecule has 1 aromatic heterocycles. The molecule has 2 aromatic rings. The number of hydrogen-bond acceptors (Lipinski definition) is 3. The van der Waals surface area contributed by atoms with Crippen molar-refractivity contribution in [1.82, 2.24) is 15.5 Å². The first-order valence-electron chi connectivity index (χ1n) is 9.88. The quantitative estimate of drug-likeness (QED) is 0.401. The zero-order chi connectivity index (χ0) is 19.6. The summed E-state index contributed by atoms with van der Waals surface area (Å²) in [5, 5.41) is 7.69. The van der Waals surface area contributed by atoms with Crippen LogP contribution in [0.4, 0.5) is 0 Å². The molecule has 0 spiro atoms. The molecule has 1 aliphatic heterocycles. The Hall–Kier alpha value is -2.24. The largest absolute Gasteiger partial charge is 0.469 e. The van der Waals surface area contributed by atoms with Crippen molar-refractivity contribution in [2.45, 2.75) is 31.8 Å². The highest BCUT2D eigenvalue weighted by Gasteiger charge is 2.20. The Morgan fingerprint density at radius 1 is 1.25 bits per heavy atom. The maximum absolute atomic E-state index is 5.97. The van der Waals surface area contributed by atoms with Crippen molar-refractivity contribution in [3.05, 3.63) is 71.7 Å². The lowest BCUT2D eigenvalue weighted by Crippen LogP contribution is -2.48. The monoisotopic (exact) mass is 400 g/mol. The average Bonchev–Trinajstić information content (AvgIpc) is 3.23. The van der Waals surface area contributed by atoms with Gasteiger partial charge < -0.3 is 15.1 Å². The fourth-order valence-corrected chi connectivity index (χ4v) is 3.46. The molecular weight excluding hydrogens is 372 g/mol. The van der Waals surface area contributed by atoms with Crippen LogP contribution in [-0.4, -0.2) is 43.1 Å². The van der Waals surface area contributed by atoms with E-state index in [2.05, 4.69) is 39.2 Å². The number of piperidine rings is 1. The van der Waals surface area contributed by atoms with Gasteiger partial charge in [0.15, 0.2) is 5.96 Å². The lowest BCUT2D eigenvalue weighted by molar-refractivity contribution is 0.198. The third kappa shape index (κ3) is 6.73. The van der Waals surface area contributed by atoms with E-state index in [1.165, 1.54) is 5.56 Å². The van der Waals surface area contributed by atoms with Crippen LogP contribution in [-0.2, 0) is 13.0 Å². The first kappa shape index (κ1) is 20.5. The van der Waals surface area contributed by atoms with E-state index in [9.17, 15) is 0 Å². The Bertz CT molecular complexity index is 734. The summed E-state index contributed by atoms with van der Waals surface area (Å²) < 4.78 is 5.37. The molecular formula is C22H29ClN4O. The number of furan rings is 1. The molecule has 1 saturated heterocycles. The Morgan fingerprint density at radius 3 is 2.71 bits per heavy atom. The number of aliphatic imine (C=N–C) groups is 1. The number of halogens is 1. The number of nitrogens with one attached hydrogen (secondary N) is 2. The highest BCUT2D eigenvalue weighted by atomic mass is 35.5. The van der Waals surface area contributed by atoms with E-state index in [1.54, 1.807) is 6.26 Å². The van der Waals surface area contributed by atoms with Gasteiger partial charge in [0.2, 0.25) is 0 Å². The summed E-state index contributed by atoms with van der Waals surface area (Å²) in [4.78, 5) is 7.18. The molecule has 0 radical (unpaired) electrons. The Kier molecular flexibility index (Phi) is 8.00. The SMILES string of the molecule is C=CCNC(=NCCc1ccco1)NC1CCN(Cc2ccc(Cl)cc2)CC1. The van der Waals surface area contributed by atoms with E-state index in [4.69, 9.17) is 16.0 Å². The summed E-state index contributed by atoms with van der Waals surface area (Å²) in [5.74, 6) is 1.81. The van der Waals surface area contributed by atoms with Gasteiger partial charge in [-0.2, -0.15) is 0 Å². The summed E-state index contributed by atoms with van der Waals surface area (Å²) >= 11 is 5.97. The van der Waals surface area contributed by atoms with Crippen LogP contribution in [0.5, 0.6) is 0 Å². The molecule has 2 N–H and O–H groups in total. The summed E-state index contributed by atoms with van der Waals surface area (Å²) in [6.45, 7) is 8.28. The van der Waals surface area contributed by atoms with E-state index in [1.807, 2.05) is 30.3 Å². The maximum Gasteiger partial charge on any atom is 0.191 e. The van der Waals surface area contributed by atoms with Gasteiger partial charge in [-0.1, -0.05) is 29.8 Å². The second kappa shape index (κ2) is 10.9. The molecule has 0 aliphatic carbocycles. The zero-order valence-corrected chi connectivity index (χ0v) is 17.0. The van der Waals surface area contributed by atoms with Crippen LogP contribution in [0.3, 0.4) is 0 Å². The first-order valence-corrected chi connectivity index (χ1v) is 10.3. The van der Waals surface area contributed by atoms with E-state index < -0.39 is 0 Å². The van der Waals surface area contributed by atoms with E-state index >= 15 is 0 Å². The number of guanidine groups is 1. The van der Waals surface area contributed by atoms with E-state index in [0.717, 1.165) is 55.6 Å². The highest BCUT2D eigenvalue weighted by Crippen LogP contribution is 2.16. The lowest BCUT2D eigenvalue weighted by Gasteiger charge is -2.33. The van der Waals surface area contributed by atoms with Gasteiger partial charge in [-0.15, -0.1) is 6.58 Å². The minimum atomic E-state index is 0.432. The van der Waals surface area contributed by atoms with Crippen LogP contribution in [0.1, 0.15) is 24.2 Å². The predicted octanol–water partition coefficient (Wildman–Crippen LogP) is 3.86. The van der Waals surface area contributed by atoms with Crippen LogP contribution < -0.4 is 10.6 Å².